The lowest BCUT2D eigenvalue weighted by Gasteiger charge is -2.02. The predicted molar refractivity (Wildman–Crippen MR) is 106 cm³/mol. The van der Waals surface area contributed by atoms with Gasteiger partial charge in [-0.2, -0.15) is 5.10 Å². The van der Waals surface area contributed by atoms with Gasteiger partial charge in [-0.15, -0.1) is 6.58 Å². The highest BCUT2D eigenvalue weighted by Crippen LogP contribution is 2.32. The maximum Gasteiger partial charge on any atom is 0.257 e. The first kappa shape index (κ1) is 17.7. The van der Waals surface area contributed by atoms with Crippen molar-refractivity contribution in [1.82, 2.24) is 19.7 Å². The second-order valence-corrected chi connectivity index (χ2v) is 7.45. The number of benzene rings is 1. The van der Waals surface area contributed by atoms with Crippen molar-refractivity contribution < 1.29 is 4.79 Å². The number of anilines is 1. The van der Waals surface area contributed by atoms with E-state index in [1.165, 1.54) is 11.3 Å². The van der Waals surface area contributed by atoms with E-state index >= 15 is 0 Å². The van der Waals surface area contributed by atoms with Crippen LogP contribution in [-0.2, 0) is 6.54 Å². The number of carbonyl (C=O) groups excluding carboxylic acids is 1. The number of nitrogens with one attached hydrogen (secondary N) is 2. The monoisotopic (exact) mass is 435 g/mol. The number of allylic oxidation sites excluding steroid dienone is 1. The van der Waals surface area contributed by atoms with Crippen LogP contribution in [0.1, 0.15) is 16.1 Å². The lowest BCUT2D eigenvalue weighted by atomic mass is 10.2. The molecule has 0 fully saturated rings. The van der Waals surface area contributed by atoms with Crippen molar-refractivity contribution >= 4 is 50.5 Å². The number of amides is 1. The molecule has 1 aromatic carbocycles. The van der Waals surface area contributed by atoms with Gasteiger partial charge in [0.05, 0.1) is 10.6 Å². The third kappa shape index (κ3) is 3.78. The SMILES string of the molecule is C=CCn1c(-c2sc(NC(=O)c3cccc(Br)c3)nc2C)n[nH]c1=S. The number of aromatic nitrogens is 4. The van der Waals surface area contributed by atoms with Crippen LogP contribution >= 0.6 is 39.5 Å². The first-order valence-corrected chi connectivity index (χ1v) is 9.32. The van der Waals surface area contributed by atoms with Crippen LogP contribution < -0.4 is 5.32 Å². The maximum absolute atomic E-state index is 12.4. The largest absolute Gasteiger partial charge is 0.298 e. The molecule has 0 spiro atoms. The summed E-state index contributed by atoms with van der Waals surface area (Å²) in [6, 6.07) is 7.18. The van der Waals surface area contributed by atoms with E-state index in [1.807, 2.05) is 23.6 Å². The molecule has 2 heterocycles. The molecule has 128 valence electrons. The van der Waals surface area contributed by atoms with Crippen molar-refractivity contribution in [1.29, 1.82) is 0 Å². The minimum atomic E-state index is -0.216. The number of halogens is 1. The first-order valence-electron chi connectivity index (χ1n) is 7.30. The van der Waals surface area contributed by atoms with Gasteiger partial charge in [0.1, 0.15) is 0 Å². The van der Waals surface area contributed by atoms with Crippen LogP contribution in [0, 0.1) is 11.7 Å². The molecule has 3 aromatic rings. The smallest absolute Gasteiger partial charge is 0.257 e. The van der Waals surface area contributed by atoms with Crippen LogP contribution in [0.4, 0.5) is 5.13 Å². The number of carbonyl (C=O) groups is 1. The minimum Gasteiger partial charge on any atom is -0.298 e. The van der Waals surface area contributed by atoms with Crippen LogP contribution in [0.2, 0.25) is 0 Å². The summed E-state index contributed by atoms with van der Waals surface area (Å²) >= 11 is 9.96. The van der Waals surface area contributed by atoms with Crippen LogP contribution in [0.5, 0.6) is 0 Å². The summed E-state index contributed by atoms with van der Waals surface area (Å²) in [4.78, 5) is 17.7. The van der Waals surface area contributed by atoms with Crippen LogP contribution in [0.15, 0.2) is 41.4 Å². The van der Waals surface area contributed by atoms with Crippen molar-refractivity contribution in [2.75, 3.05) is 5.32 Å². The van der Waals surface area contributed by atoms with Crippen molar-refractivity contribution in [2.24, 2.45) is 0 Å². The Bertz CT molecular complexity index is 1000. The Morgan fingerprint density at radius 1 is 1.56 bits per heavy atom. The number of thiazole rings is 1. The normalized spacial score (nSPS) is 10.6. The maximum atomic E-state index is 12.4. The summed E-state index contributed by atoms with van der Waals surface area (Å²) in [5.74, 6) is 0.467. The number of nitrogens with zero attached hydrogens (tertiary/aromatic N) is 3. The average Bonchev–Trinajstić information content (AvgIpc) is 3.11. The summed E-state index contributed by atoms with van der Waals surface area (Å²) in [5, 5.41) is 10.4. The molecule has 0 radical (unpaired) electrons. The molecule has 25 heavy (non-hydrogen) atoms. The number of H-pyrrole nitrogens is 1. The number of hydrogen-bond acceptors (Lipinski definition) is 5. The lowest BCUT2D eigenvalue weighted by molar-refractivity contribution is 0.102. The molecule has 3 rings (SSSR count). The number of aryl methyl sites for hydroxylation is 1. The van der Waals surface area contributed by atoms with Gasteiger partial charge in [-0.25, -0.2) is 4.98 Å². The fraction of sp³-hybridized carbons (Fsp3) is 0.125. The molecule has 0 unspecified atom stereocenters. The number of hydrogen-bond donors (Lipinski definition) is 2. The van der Waals surface area contributed by atoms with Gasteiger partial charge in [-0.05, 0) is 37.3 Å². The minimum absolute atomic E-state index is 0.216. The van der Waals surface area contributed by atoms with E-state index in [2.05, 4.69) is 43.0 Å². The Morgan fingerprint density at radius 2 is 2.36 bits per heavy atom. The van der Waals surface area contributed by atoms with Gasteiger partial charge >= 0.3 is 0 Å². The molecular formula is C16H14BrN5OS2. The zero-order chi connectivity index (χ0) is 18.0. The van der Waals surface area contributed by atoms with E-state index < -0.39 is 0 Å². The standard InChI is InChI=1S/C16H14BrN5OS2/c1-3-7-22-13(20-21-16(22)24)12-9(2)18-15(25-12)19-14(23)10-5-4-6-11(17)8-10/h3-6,8H,1,7H2,2H3,(H,21,24)(H,18,19,23). The average molecular weight is 436 g/mol. The summed E-state index contributed by atoms with van der Waals surface area (Å²) in [7, 11) is 0. The molecule has 0 aliphatic carbocycles. The number of aromatic amines is 1. The molecule has 0 atom stereocenters. The molecular weight excluding hydrogens is 422 g/mol. The second-order valence-electron chi connectivity index (χ2n) is 5.15. The van der Waals surface area contributed by atoms with Gasteiger partial charge < -0.3 is 0 Å². The van der Waals surface area contributed by atoms with Crippen LogP contribution in [0.25, 0.3) is 10.7 Å². The van der Waals surface area contributed by atoms with Crippen LogP contribution in [0.3, 0.4) is 0 Å². The van der Waals surface area contributed by atoms with E-state index in [-0.39, 0.29) is 5.91 Å². The highest BCUT2D eigenvalue weighted by Gasteiger charge is 2.17. The summed E-state index contributed by atoms with van der Waals surface area (Å²) in [5.41, 5.74) is 1.33. The predicted octanol–water partition coefficient (Wildman–Crippen LogP) is 4.57. The quantitative estimate of drug-likeness (QED) is 0.454. The number of rotatable bonds is 5. The van der Waals surface area contributed by atoms with E-state index in [0.29, 0.717) is 27.8 Å². The second kappa shape index (κ2) is 7.42. The van der Waals surface area contributed by atoms with Gasteiger partial charge in [0.25, 0.3) is 5.91 Å². The Kier molecular flexibility index (Phi) is 5.26. The van der Waals surface area contributed by atoms with E-state index in [9.17, 15) is 4.79 Å². The fourth-order valence-corrected chi connectivity index (χ4v) is 3.81. The zero-order valence-corrected chi connectivity index (χ0v) is 16.5. The van der Waals surface area contributed by atoms with Crippen molar-refractivity contribution in [2.45, 2.75) is 13.5 Å². The molecule has 0 bridgehead atoms. The van der Waals surface area contributed by atoms with Gasteiger partial charge in [-0.1, -0.05) is 39.4 Å². The van der Waals surface area contributed by atoms with Crippen molar-refractivity contribution in [3.8, 4) is 10.7 Å². The Balaban J connectivity index is 1.89. The Hall–Kier alpha value is -2.10. The molecule has 6 nitrogen and oxygen atoms in total. The fourth-order valence-electron chi connectivity index (χ4n) is 2.25. The van der Waals surface area contributed by atoms with Crippen molar-refractivity contribution in [3.05, 3.63) is 57.4 Å². The van der Waals surface area contributed by atoms with E-state index in [0.717, 1.165) is 15.0 Å². The lowest BCUT2D eigenvalue weighted by Crippen LogP contribution is -2.11. The molecule has 0 aliphatic heterocycles. The highest BCUT2D eigenvalue weighted by atomic mass is 79.9. The first-order chi connectivity index (χ1) is 12.0. The van der Waals surface area contributed by atoms with Gasteiger partial charge in [0.2, 0.25) is 0 Å². The molecule has 2 aromatic heterocycles. The zero-order valence-electron chi connectivity index (χ0n) is 13.2. The Morgan fingerprint density at radius 3 is 3.08 bits per heavy atom. The molecule has 0 saturated heterocycles. The summed E-state index contributed by atoms with van der Waals surface area (Å²) < 4.78 is 3.20. The van der Waals surface area contributed by atoms with Crippen molar-refractivity contribution in [3.63, 3.8) is 0 Å². The highest BCUT2D eigenvalue weighted by molar-refractivity contribution is 9.10. The molecule has 9 heteroatoms. The topological polar surface area (TPSA) is 75.6 Å². The van der Waals surface area contributed by atoms with Gasteiger partial charge in [0.15, 0.2) is 15.7 Å². The van der Waals surface area contributed by atoms with Crippen LogP contribution in [-0.4, -0.2) is 25.7 Å². The van der Waals surface area contributed by atoms with Gasteiger partial charge in [-0.3, -0.25) is 19.8 Å². The Labute approximate surface area is 161 Å². The van der Waals surface area contributed by atoms with E-state index in [1.54, 1.807) is 18.2 Å². The molecule has 0 aliphatic rings. The summed E-state index contributed by atoms with van der Waals surface area (Å²) in [6.45, 7) is 6.15. The third-order valence-electron chi connectivity index (χ3n) is 3.38. The third-order valence-corrected chi connectivity index (χ3v) is 5.25. The van der Waals surface area contributed by atoms with E-state index in [4.69, 9.17) is 12.2 Å². The molecule has 1 amide bonds. The summed E-state index contributed by atoms with van der Waals surface area (Å²) in [6.07, 6.45) is 1.75. The molecule has 2 N–H and O–H groups in total. The molecule has 0 saturated carbocycles. The van der Waals surface area contributed by atoms with Gasteiger partial charge in [0, 0.05) is 16.6 Å².